The molecule has 3 rings (SSSR count). The van der Waals surface area contributed by atoms with Crippen molar-refractivity contribution in [1.29, 1.82) is 0 Å². The van der Waals surface area contributed by atoms with Gasteiger partial charge in [0.15, 0.2) is 6.61 Å². The van der Waals surface area contributed by atoms with E-state index in [-0.39, 0.29) is 24.5 Å². The zero-order valence-corrected chi connectivity index (χ0v) is 16.9. The smallest absolute Gasteiger partial charge is 0.262 e. The second kappa shape index (κ2) is 10.1. The lowest BCUT2D eigenvalue weighted by atomic mass is 10.0. The molecule has 2 amide bonds. The van der Waals surface area contributed by atoms with Crippen molar-refractivity contribution in [2.75, 3.05) is 25.1 Å². The summed E-state index contributed by atoms with van der Waals surface area (Å²) in [4.78, 5) is 25.0. The number of ether oxygens (including phenoxy) is 2. The predicted molar refractivity (Wildman–Crippen MR) is 112 cm³/mol. The van der Waals surface area contributed by atoms with Gasteiger partial charge in [0.25, 0.3) is 11.8 Å². The van der Waals surface area contributed by atoms with Gasteiger partial charge in [-0.2, -0.15) is 0 Å². The predicted octanol–water partition coefficient (Wildman–Crippen LogP) is 3.74. The van der Waals surface area contributed by atoms with Crippen LogP contribution >= 0.6 is 0 Å². The van der Waals surface area contributed by atoms with E-state index in [1.165, 1.54) is 0 Å². The Labute approximate surface area is 171 Å². The second-order valence-corrected chi connectivity index (χ2v) is 7.42. The summed E-state index contributed by atoms with van der Waals surface area (Å²) in [6.45, 7) is 5.24. The standard InChI is InChI=1S/C23H28N2O4/c1-16(2)18-9-4-6-12-21(18)29-15-22(26)25-20-11-5-3-10-19(20)23(27)24-14-17-8-7-13-28-17/h3-6,9-12,16-17H,7-8,13-15H2,1-2H3,(H,24,27)(H,25,26)/t17-/m1/s1. The second-order valence-electron chi connectivity index (χ2n) is 7.42. The van der Waals surface area contributed by atoms with Crippen LogP contribution in [0.1, 0.15) is 48.5 Å². The summed E-state index contributed by atoms with van der Waals surface area (Å²) >= 11 is 0. The average Bonchev–Trinajstić information content (AvgIpc) is 3.25. The van der Waals surface area contributed by atoms with Crippen LogP contribution in [-0.4, -0.2) is 37.7 Å². The molecule has 0 aliphatic carbocycles. The minimum atomic E-state index is -0.317. The number of rotatable bonds is 8. The Balaban J connectivity index is 1.58. The monoisotopic (exact) mass is 396 g/mol. The third kappa shape index (κ3) is 5.81. The molecule has 29 heavy (non-hydrogen) atoms. The van der Waals surface area contributed by atoms with Crippen LogP contribution in [0.25, 0.3) is 0 Å². The fourth-order valence-electron chi connectivity index (χ4n) is 3.32. The van der Waals surface area contributed by atoms with E-state index in [4.69, 9.17) is 9.47 Å². The van der Waals surface area contributed by atoms with E-state index in [9.17, 15) is 9.59 Å². The molecule has 1 aliphatic heterocycles. The number of hydrogen-bond donors (Lipinski definition) is 2. The fourth-order valence-corrected chi connectivity index (χ4v) is 3.32. The fraction of sp³-hybridized carbons (Fsp3) is 0.391. The van der Waals surface area contributed by atoms with Gasteiger partial charge in [0.05, 0.1) is 17.4 Å². The zero-order valence-electron chi connectivity index (χ0n) is 16.9. The van der Waals surface area contributed by atoms with Gasteiger partial charge in [-0.3, -0.25) is 9.59 Å². The molecule has 0 aromatic heterocycles. The first-order valence-corrected chi connectivity index (χ1v) is 10.0. The Morgan fingerprint density at radius 1 is 1.14 bits per heavy atom. The molecule has 0 bridgehead atoms. The van der Waals surface area contributed by atoms with E-state index in [0.29, 0.717) is 29.5 Å². The first-order valence-electron chi connectivity index (χ1n) is 10.0. The SMILES string of the molecule is CC(C)c1ccccc1OCC(=O)Nc1ccccc1C(=O)NC[C@H]1CCCO1. The van der Waals surface area contributed by atoms with Crippen LogP contribution in [0.3, 0.4) is 0 Å². The summed E-state index contributed by atoms with van der Waals surface area (Å²) in [6, 6.07) is 14.6. The molecule has 154 valence electrons. The van der Waals surface area contributed by atoms with Gasteiger partial charge >= 0.3 is 0 Å². The number of amides is 2. The van der Waals surface area contributed by atoms with E-state index < -0.39 is 0 Å². The normalized spacial score (nSPS) is 15.9. The minimum Gasteiger partial charge on any atom is -0.483 e. The molecule has 1 atom stereocenters. The van der Waals surface area contributed by atoms with Gasteiger partial charge in [0, 0.05) is 13.2 Å². The van der Waals surface area contributed by atoms with Gasteiger partial charge in [-0.25, -0.2) is 0 Å². The van der Waals surface area contributed by atoms with Crippen LogP contribution in [0.2, 0.25) is 0 Å². The van der Waals surface area contributed by atoms with Crippen molar-refractivity contribution in [2.45, 2.75) is 38.7 Å². The lowest BCUT2D eigenvalue weighted by Crippen LogP contribution is -2.32. The molecule has 0 spiro atoms. The van der Waals surface area contributed by atoms with E-state index in [1.54, 1.807) is 24.3 Å². The van der Waals surface area contributed by atoms with Gasteiger partial charge in [-0.1, -0.05) is 44.2 Å². The van der Waals surface area contributed by atoms with Gasteiger partial charge < -0.3 is 20.1 Å². The Bertz CT molecular complexity index is 844. The number of anilines is 1. The van der Waals surface area contributed by atoms with Gasteiger partial charge in [-0.15, -0.1) is 0 Å². The third-order valence-electron chi connectivity index (χ3n) is 4.86. The van der Waals surface area contributed by atoms with Gasteiger partial charge in [-0.05, 0) is 42.5 Å². The highest BCUT2D eigenvalue weighted by atomic mass is 16.5. The van der Waals surface area contributed by atoms with Crippen LogP contribution in [-0.2, 0) is 9.53 Å². The lowest BCUT2D eigenvalue weighted by Gasteiger charge is -2.15. The molecule has 2 aromatic carbocycles. The number of nitrogens with one attached hydrogen (secondary N) is 2. The summed E-state index contributed by atoms with van der Waals surface area (Å²) < 4.78 is 11.3. The summed E-state index contributed by atoms with van der Waals surface area (Å²) in [5.74, 6) is 0.438. The van der Waals surface area contributed by atoms with Gasteiger partial charge in [0.2, 0.25) is 0 Å². The quantitative estimate of drug-likeness (QED) is 0.713. The van der Waals surface area contributed by atoms with Crippen molar-refractivity contribution in [3.63, 3.8) is 0 Å². The Morgan fingerprint density at radius 2 is 1.90 bits per heavy atom. The van der Waals surface area contributed by atoms with E-state index in [0.717, 1.165) is 25.0 Å². The Hall–Kier alpha value is -2.86. The zero-order chi connectivity index (χ0) is 20.6. The molecule has 1 heterocycles. The molecule has 2 aromatic rings. The maximum absolute atomic E-state index is 12.6. The maximum Gasteiger partial charge on any atom is 0.262 e. The molecule has 1 fully saturated rings. The highest BCUT2D eigenvalue weighted by Gasteiger charge is 2.18. The topological polar surface area (TPSA) is 76.7 Å². The summed E-state index contributed by atoms with van der Waals surface area (Å²) in [5.41, 5.74) is 1.93. The van der Waals surface area contributed by atoms with Crippen LogP contribution in [0, 0.1) is 0 Å². The van der Waals surface area contributed by atoms with Gasteiger partial charge in [0.1, 0.15) is 5.75 Å². The minimum absolute atomic E-state index is 0.0649. The van der Waals surface area contributed by atoms with E-state index >= 15 is 0 Å². The highest BCUT2D eigenvalue weighted by Crippen LogP contribution is 2.25. The molecule has 6 heteroatoms. The van der Waals surface area contributed by atoms with E-state index in [1.807, 2.05) is 24.3 Å². The molecule has 0 unspecified atom stereocenters. The van der Waals surface area contributed by atoms with Crippen molar-refractivity contribution in [3.05, 3.63) is 59.7 Å². The highest BCUT2D eigenvalue weighted by molar-refractivity contribution is 6.04. The Kier molecular flexibility index (Phi) is 7.25. The van der Waals surface area contributed by atoms with Crippen LogP contribution in [0.5, 0.6) is 5.75 Å². The van der Waals surface area contributed by atoms with Crippen molar-refractivity contribution in [1.82, 2.24) is 5.32 Å². The first-order chi connectivity index (χ1) is 14.0. The molecule has 2 N–H and O–H groups in total. The number of carbonyl (C=O) groups excluding carboxylic acids is 2. The molecular formula is C23H28N2O4. The third-order valence-corrected chi connectivity index (χ3v) is 4.86. The summed E-state index contributed by atoms with van der Waals surface area (Å²) in [7, 11) is 0. The van der Waals surface area contributed by atoms with E-state index in [2.05, 4.69) is 24.5 Å². The van der Waals surface area contributed by atoms with Crippen molar-refractivity contribution in [3.8, 4) is 5.75 Å². The molecule has 1 aliphatic rings. The largest absolute Gasteiger partial charge is 0.483 e. The molecule has 0 saturated carbocycles. The van der Waals surface area contributed by atoms with Crippen molar-refractivity contribution < 1.29 is 19.1 Å². The Morgan fingerprint density at radius 3 is 2.66 bits per heavy atom. The van der Waals surface area contributed by atoms with Crippen molar-refractivity contribution in [2.24, 2.45) is 0 Å². The summed E-state index contributed by atoms with van der Waals surface area (Å²) in [6.07, 6.45) is 2.04. The van der Waals surface area contributed by atoms with Crippen LogP contribution in [0.4, 0.5) is 5.69 Å². The number of carbonyl (C=O) groups is 2. The lowest BCUT2D eigenvalue weighted by molar-refractivity contribution is -0.118. The van der Waals surface area contributed by atoms with Crippen molar-refractivity contribution >= 4 is 17.5 Å². The number of hydrogen-bond acceptors (Lipinski definition) is 4. The molecular weight excluding hydrogens is 368 g/mol. The number of para-hydroxylation sites is 2. The van der Waals surface area contributed by atoms with Crippen LogP contribution in [0.15, 0.2) is 48.5 Å². The summed E-state index contributed by atoms with van der Waals surface area (Å²) in [5, 5.41) is 5.67. The maximum atomic E-state index is 12.6. The van der Waals surface area contributed by atoms with Crippen LogP contribution < -0.4 is 15.4 Å². The number of benzene rings is 2. The average molecular weight is 396 g/mol. The molecule has 1 saturated heterocycles. The molecule has 0 radical (unpaired) electrons. The molecule has 6 nitrogen and oxygen atoms in total. The first kappa shape index (κ1) is 20.9.